The van der Waals surface area contributed by atoms with Crippen LogP contribution in [-0.2, 0) is 18.9 Å². The van der Waals surface area contributed by atoms with Crippen molar-refractivity contribution in [1.82, 2.24) is 0 Å². The molecule has 45 heavy (non-hydrogen) atoms. The predicted octanol–water partition coefficient (Wildman–Crippen LogP) is 4.77. The molecule has 0 amide bonds. The van der Waals surface area contributed by atoms with Crippen molar-refractivity contribution in [2.45, 2.75) is 141 Å². The van der Waals surface area contributed by atoms with E-state index in [9.17, 15) is 20.4 Å². The maximum absolute atomic E-state index is 10.7. The van der Waals surface area contributed by atoms with Gasteiger partial charge in [0.15, 0.2) is 6.29 Å². The van der Waals surface area contributed by atoms with Crippen molar-refractivity contribution in [2.24, 2.45) is 45.3 Å². The van der Waals surface area contributed by atoms with Crippen molar-refractivity contribution in [1.29, 1.82) is 0 Å². The minimum Gasteiger partial charge on any atom is -0.394 e. The van der Waals surface area contributed by atoms with E-state index in [4.69, 9.17) is 18.9 Å². The Morgan fingerprint density at radius 3 is 2.40 bits per heavy atom. The Kier molecular flexibility index (Phi) is 8.60. The lowest BCUT2D eigenvalue weighted by Gasteiger charge is -2.65. The topological polar surface area (TPSA) is 118 Å². The van der Waals surface area contributed by atoms with Crippen molar-refractivity contribution >= 4 is 0 Å². The van der Waals surface area contributed by atoms with Gasteiger partial charge in [-0.3, -0.25) is 0 Å². The molecule has 3 unspecified atom stereocenters. The second-order valence-corrected chi connectivity index (χ2v) is 17.2. The average molecular weight is 633 g/mol. The molecule has 6 aliphatic rings. The smallest absolute Gasteiger partial charge is 0.186 e. The lowest BCUT2D eigenvalue weighted by molar-refractivity contribution is -0.329. The third-order valence-corrected chi connectivity index (χ3v) is 14.8. The van der Waals surface area contributed by atoms with Gasteiger partial charge in [0.1, 0.15) is 24.4 Å². The van der Waals surface area contributed by atoms with Gasteiger partial charge in [0, 0.05) is 23.9 Å². The zero-order valence-corrected chi connectivity index (χ0v) is 28.9. The molecule has 6 rings (SSSR count). The van der Waals surface area contributed by atoms with E-state index in [1.807, 2.05) is 0 Å². The van der Waals surface area contributed by atoms with Crippen LogP contribution in [0.1, 0.15) is 93.4 Å². The summed E-state index contributed by atoms with van der Waals surface area (Å²) in [5.41, 5.74) is -0.609. The van der Waals surface area contributed by atoms with E-state index >= 15 is 0 Å². The Morgan fingerprint density at radius 1 is 0.978 bits per heavy atom. The largest absolute Gasteiger partial charge is 0.394 e. The molecule has 2 saturated heterocycles. The molecule has 0 radical (unpaired) electrons. The van der Waals surface area contributed by atoms with Gasteiger partial charge < -0.3 is 39.4 Å². The highest BCUT2D eigenvalue weighted by molar-refractivity contribution is 5.33. The van der Waals surface area contributed by atoms with Crippen molar-refractivity contribution in [3.63, 3.8) is 0 Å². The quantitative estimate of drug-likeness (QED) is 0.283. The molecule has 2 bridgehead atoms. The molecule has 3 saturated carbocycles. The minimum absolute atomic E-state index is 0.0922. The van der Waals surface area contributed by atoms with Gasteiger partial charge in [0.25, 0.3) is 0 Å². The van der Waals surface area contributed by atoms with Gasteiger partial charge in [-0.15, -0.1) is 0 Å². The number of hydrogen-bond acceptors (Lipinski definition) is 8. The molecule has 4 N–H and O–H groups in total. The summed E-state index contributed by atoms with van der Waals surface area (Å²) in [7, 11) is 1.77. The lowest BCUT2D eigenvalue weighted by atomic mass is 9.38. The zero-order chi connectivity index (χ0) is 32.8. The molecule has 0 aromatic heterocycles. The van der Waals surface area contributed by atoms with E-state index in [-0.39, 0.29) is 27.9 Å². The van der Waals surface area contributed by atoms with Crippen molar-refractivity contribution < 1.29 is 39.4 Å². The average Bonchev–Trinajstić information content (AvgIpc) is 3.39. The maximum Gasteiger partial charge on any atom is 0.186 e. The van der Waals surface area contributed by atoms with Crippen LogP contribution in [0.5, 0.6) is 0 Å². The zero-order valence-electron chi connectivity index (χ0n) is 28.9. The van der Waals surface area contributed by atoms with E-state index in [1.165, 1.54) is 25.7 Å². The van der Waals surface area contributed by atoms with Crippen LogP contribution in [-0.4, -0.2) is 88.8 Å². The Balaban J connectivity index is 1.24. The van der Waals surface area contributed by atoms with E-state index < -0.39 is 48.3 Å². The Bertz CT molecular complexity index is 1170. The fourth-order valence-corrected chi connectivity index (χ4v) is 11.6. The summed E-state index contributed by atoms with van der Waals surface area (Å²) in [6, 6.07) is 0. The van der Waals surface area contributed by atoms with Crippen LogP contribution in [0.15, 0.2) is 24.3 Å². The predicted molar refractivity (Wildman–Crippen MR) is 171 cm³/mol. The van der Waals surface area contributed by atoms with Crippen LogP contribution in [0, 0.1) is 45.3 Å². The first kappa shape index (κ1) is 34.0. The Labute approximate surface area is 270 Å². The molecular weight excluding hydrogens is 572 g/mol. The molecule has 5 fully saturated rings. The van der Waals surface area contributed by atoms with Gasteiger partial charge in [0.05, 0.1) is 30.5 Å². The Morgan fingerprint density at radius 2 is 1.71 bits per heavy atom. The highest BCUT2D eigenvalue weighted by atomic mass is 16.7. The van der Waals surface area contributed by atoms with Crippen molar-refractivity contribution in [3.8, 4) is 0 Å². The van der Waals surface area contributed by atoms with Crippen molar-refractivity contribution in [3.05, 3.63) is 24.3 Å². The molecule has 0 aromatic carbocycles. The number of fused-ring (bicyclic) bond motifs is 2. The number of aliphatic hydroxyl groups is 4. The van der Waals surface area contributed by atoms with Gasteiger partial charge in [-0.25, -0.2) is 0 Å². The van der Waals surface area contributed by atoms with E-state index in [1.54, 1.807) is 7.11 Å². The van der Waals surface area contributed by atoms with Crippen molar-refractivity contribution in [2.75, 3.05) is 20.3 Å². The molecule has 1 spiro atoms. The number of rotatable bonds is 8. The highest BCUT2D eigenvalue weighted by Gasteiger charge is 2.75. The summed E-state index contributed by atoms with van der Waals surface area (Å²) < 4.78 is 24.9. The first-order valence-corrected chi connectivity index (χ1v) is 17.6. The van der Waals surface area contributed by atoms with Crippen LogP contribution in [0.2, 0.25) is 0 Å². The number of ether oxygens (including phenoxy) is 4. The normalized spacial score (nSPS) is 51.2. The van der Waals surface area contributed by atoms with Gasteiger partial charge >= 0.3 is 0 Å². The molecule has 4 aliphatic carbocycles. The molecule has 0 aromatic rings. The van der Waals surface area contributed by atoms with Gasteiger partial charge in [-0.1, -0.05) is 58.9 Å². The van der Waals surface area contributed by atoms with E-state index in [0.29, 0.717) is 23.7 Å². The summed E-state index contributed by atoms with van der Waals surface area (Å²) in [5, 5.41) is 41.1. The van der Waals surface area contributed by atoms with E-state index in [0.717, 1.165) is 25.9 Å². The molecule has 2 heterocycles. The highest BCUT2D eigenvalue weighted by Crippen LogP contribution is 2.77. The fraction of sp³-hybridized carbons (Fsp3) is 0.892. The number of methoxy groups -OCH3 is 1. The second-order valence-electron chi connectivity index (χ2n) is 17.2. The molecule has 2 aliphatic heterocycles. The van der Waals surface area contributed by atoms with Gasteiger partial charge in [0.2, 0.25) is 0 Å². The summed E-state index contributed by atoms with van der Waals surface area (Å²) in [5.74, 6) is 2.12. The fourth-order valence-electron chi connectivity index (χ4n) is 11.6. The molecular formula is C37H60O8. The number of allylic oxidation sites excluding steroid dienone is 2. The summed E-state index contributed by atoms with van der Waals surface area (Å²) in [6.07, 6.45) is 10.5. The van der Waals surface area contributed by atoms with Crippen LogP contribution in [0.25, 0.3) is 0 Å². The maximum atomic E-state index is 10.7. The molecule has 14 atom stereocenters. The van der Waals surface area contributed by atoms with Crippen LogP contribution >= 0.6 is 0 Å². The summed E-state index contributed by atoms with van der Waals surface area (Å²) in [6.45, 7) is 16.6. The standard InChI is InChI=1S/C37H60O8/c1-22(10-9-15-32(2,3)42-8)23-13-16-35(7)25-14-17-37-26(36(25,21-43-37)19-18-34(23,35)6)11-12-27(33(37,4)5)45-31-30(41)29(40)28(39)24(20-38)44-31/h9,14-15,17,22-31,38-41H,10-13,16,18-21H2,1-8H3/b15-9+/t22-,23-,24-,25?,26?,27+,28+,29+,30-,31+,34-,35+,36+,37?/m1/s1. The summed E-state index contributed by atoms with van der Waals surface area (Å²) >= 11 is 0. The van der Waals surface area contributed by atoms with Crippen LogP contribution in [0.4, 0.5) is 0 Å². The first-order valence-electron chi connectivity index (χ1n) is 17.6. The van der Waals surface area contributed by atoms with Crippen LogP contribution < -0.4 is 0 Å². The number of hydrogen-bond donors (Lipinski definition) is 4. The number of aliphatic hydroxyl groups excluding tert-OH is 4. The molecule has 256 valence electrons. The SMILES string of the molecule is COC(C)(C)/C=C/C[C@@H](C)[C@H]1CC[C@@]2(C)C3C=CC45OC[C@]3(CC[C@]12C)C4CC[C@H](O[C@@H]1O[C@H](CO)[C@H](O)[C@H](O)[C@H]1O)C5(C)C. The minimum atomic E-state index is -1.46. The second kappa shape index (κ2) is 11.4. The molecule has 8 heteroatoms. The monoisotopic (exact) mass is 632 g/mol. The first-order chi connectivity index (χ1) is 21.0. The third-order valence-electron chi connectivity index (χ3n) is 14.8. The Hall–Kier alpha value is -0.840. The van der Waals surface area contributed by atoms with E-state index in [2.05, 4.69) is 72.8 Å². The molecule has 8 nitrogen and oxygen atoms in total. The van der Waals surface area contributed by atoms with Crippen LogP contribution in [0.3, 0.4) is 0 Å². The summed E-state index contributed by atoms with van der Waals surface area (Å²) in [4.78, 5) is 0. The van der Waals surface area contributed by atoms with Gasteiger partial charge in [-0.2, -0.15) is 0 Å². The van der Waals surface area contributed by atoms with Gasteiger partial charge in [-0.05, 0) is 87.4 Å². The third kappa shape index (κ3) is 4.74. The lowest BCUT2D eigenvalue weighted by Crippen LogP contribution is -2.66.